The minimum Gasteiger partial charge on any atom is -0.496 e. The lowest BCUT2D eigenvalue weighted by molar-refractivity contribution is -0.183. The number of aromatic nitrogens is 1. The SMILES string of the molecule is COc1c(CN2O[C@@H](CO)[C@H]([C@H](C)O)[C@H]2C(=O)N[C@H]2C[C@H]3C[C@@H]([C@@H]2C)C3(C)C)cccc1-c1cccc2ncccc12. The van der Waals surface area contributed by atoms with Crippen LogP contribution in [-0.2, 0) is 16.2 Å². The number of hydrogen-bond acceptors (Lipinski definition) is 7. The van der Waals surface area contributed by atoms with Gasteiger partial charge in [-0.2, -0.15) is 5.06 Å². The zero-order chi connectivity index (χ0) is 29.8. The highest BCUT2D eigenvalue weighted by Gasteiger charge is 2.57. The van der Waals surface area contributed by atoms with Crippen molar-refractivity contribution in [3.05, 3.63) is 60.3 Å². The van der Waals surface area contributed by atoms with Gasteiger partial charge in [0, 0.05) is 34.7 Å². The van der Waals surface area contributed by atoms with Crippen LogP contribution in [0.3, 0.4) is 0 Å². The van der Waals surface area contributed by atoms with E-state index >= 15 is 0 Å². The van der Waals surface area contributed by atoms with Crippen LogP contribution in [0.15, 0.2) is 54.7 Å². The first-order valence-corrected chi connectivity index (χ1v) is 15.2. The van der Waals surface area contributed by atoms with E-state index in [0.717, 1.165) is 34.0 Å². The van der Waals surface area contributed by atoms with E-state index < -0.39 is 24.2 Å². The molecule has 0 unspecified atom stereocenters. The van der Waals surface area contributed by atoms with Gasteiger partial charge in [0.1, 0.15) is 17.9 Å². The molecule has 3 saturated carbocycles. The Morgan fingerprint density at radius 2 is 1.93 bits per heavy atom. The van der Waals surface area contributed by atoms with Gasteiger partial charge >= 0.3 is 0 Å². The number of pyridine rings is 1. The second-order valence-corrected chi connectivity index (χ2v) is 13.1. The highest BCUT2D eigenvalue weighted by atomic mass is 16.7. The number of amides is 1. The topological polar surface area (TPSA) is 104 Å². The second kappa shape index (κ2) is 11.2. The third-order valence-electron chi connectivity index (χ3n) is 10.6. The first-order chi connectivity index (χ1) is 20.1. The lowest BCUT2D eigenvalue weighted by atomic mass is 9.45. The van der Waals surface area contributed by atoms with Gasteiger partial charge in [-0.25, -0.2) is 0 Å². The highest BCUT2D eigenvalue weighted by Crippen LogP contribution is 2.61. The fourth-order valence-corrected chi connectivity index (χ4v) is 8.15. The lowest BCUT2D eigenvalue weighted by Gasteiger charge is -2.62. The summed E-state index contributed by atoms with van der Waals surface area (Å²) in [4.78, 5) is 24.8. The molecular weight excluding hydrogens is 530 g/mol. The minimum absolute atomic E-state index is 0.0804. The van der Waals surface area contributed by atoms with Gasteiger partial charge in [-0.05, 0) is 60.6 Å². The largest absolute Gasteiger partial charge is 0.496 e. The summed E-state index contributed by atoms with van der Waals surface area (Å²) in [6.45, 7) is 8.55. The normalized spacial score (nSPS) is 31.0. The second-order valence-electron chi connectivity index (χ2n) is 13.1. The van der Waals surface area contributed by atoms with Crippen LogP contribution >= 0.6 is 0 Å². The minimum atomic E-state index is -0.851. The summed E-state index contributed by atoms with van der Waals surface area (Å²) in [5, 5.41) is 27.0. The van der Waals surface area contributed by atoms with Gasteiger partial charge in [0.15, 0.2) is 0 Å². The molecular formula is C34H43N3O5. The first kappa shape index (κ1) is 29.1. The Bertz CT molecular complexity index is 1450. The van der Waals surface area contributed by atoms with E-state index in [1.807, 2.05) is 42.5 Å². The molecule has 1 amide bonds. The molecule has 3 aliphatic carbocycles. The van der Waals surface area contributed by atoms with E-state index in [0.29, 0.717) is 28.9 Å². The Kier molecular flexibility index (Phi) is 7.77. The number of aliphatic hydroxyl groups is 2. The third kappa shape index (κ3) is 4.78. The lowest BCUT2D eigenvalue weighted by Crippen LogP contribution is -2.62. The van der Waals surface area contributed by atoms with Gasteiger partial charge < -0.3 is 20.3 Å². The number of fused-ring (bicyclic) bond motifs is 3. The van der Waals surface area contributed by atoms with Gasteiger partial charge in [-0.1, -0.05) is 57.2 Å². The summed E-state index contributed by atoms with van der Waals surface area (Å²) < 4.78 is 5.98. The molecule has 8 nitrogen and oxygen atoms in total. The predicted molar refractivity (Wildman–Crippen MR) is 161 cm³/mol. The molecule has 3 aromatic rings. The van der Waals surface area contributed by atoms with Crippen molar-refractivity contribution in [3.63, 3.8) is 0 Å². The summed E-state index contributed by atoms with van der Waals surface area (Å²) in [5.41, 5.74) is 3.96. The Labute approximate surface area is 248 Å². The number of nitrogens with one attached hydrogen (secondary N) is 1. The number of rotatable bonds is 8. The smallest absolute Gasteiger partial charge is 0.240 e. The van der Waals surface area contributed by atoms with Crippen molar-refractivity contribution in [1.29, 1.82) is 0 Å². The van der Waals surface area contributed by atoms with Crippen LogP contribution in [0.4, 0.5) is 0 Å². The number of hydrogen-bond donors (Lipinski definition) is 3. The average molecular weight is 574 g/mol. The molecule has 2 heterocycles. The molecule has 8 atom stereocenters. The molecule has 7 rings (SSSR count). The van der Waals surface area contributed by atoms with Crippen LogP contribution in [0.5, 0.6) is 5.75 Å². The first-order valence-electron chi connectivity index (χ1n) is 15.2. The van der Waals surface area contributed by atoms with Crippen molar-refractivity contribution in [2.24, 2.45) is 29.1 Å². The number of aliphatic hydroxyl groups excluding tert-OH is 2. The quantitative estimate of drug-likeness (QED) is 0.363. The Morgan fingerprint density at radius 1 is 1.17 bits per heavy atom. The fourth-order valence-electron chi connectivity index (χ4n) is 8.15. The highest BCUT2D eigenvalue weighted by molar-refractivity contribution is 5.96. The predicted octanol–water partition coefficient (Wildman–Crippen LogP) is 4.57. The Hall–Kier alpha value is -3.04. The van der Waals surface area contributed by atoms with E-state index in [1.165, 1.54) is 6.42 Å². The van der Waals surface area contributed by atoms with Gasteiger partial charge in [-0.3, -0.25) is 14.6 Å². The summed E-state index contributed by atoms with van der Waals surface area (Å²) >= 11 is 0. The van der Waals surface area contributed by atoms with Crippen molar-refractivity contribution in [3.8, 4) is 16.9 Å². The standard InChI is InChI=1S/C34H43N3O5/c1-19-26-15-22(34(26,3)4)16-28(19)36-33(40)31-30(20(2)39)29(18-38)42-37(31)17-21-9-6-11-25(32(21)41-5)23-10-7-13-27-24(23)12-8-14-35-27/h6-14,19-20,22,26,28-31,38-39H,15-18H2,1-5H3,(H,36,40)/t19-,20-,22+,26-,28-,29-,30-,31-/m0/s1. The fraction of sp³-hybridized carbons (Fsp3) is 0.529. The number of carbonyl (C=O) groups excluding carboxylic acids is 1. The summed E-state index contributed by atoms with van der Waals surface area (Å²) in [6, 6.07) is 15.3. The molecule has 42 heavy (non-hydrogen) atoms. The molecule has 3 N–H and O–H groups in total. The van der Waals surface area contributed by atoms with Gasteiger partial charge in [0.25, 0.3) is 0 Å². The maximum atomic E-state index is 14.0. The van der Waals surface area contributed by atoms with Crippen molar-refractivity contribution >= 4 is 16.8 Å². The number of carbonyl (C=O) groups is 1. The molecule has 0 spiro atoms. The Morgan fingerprint density at radius 3 is 2.62 bits per heavy atom. The molecule has 2 bridgehead atoms. The zero-order valence-corrected chi connectivity index (χ0v) is 25.2. The van der Waals surface area contributed by atoms with Crippen LogP contribution in [0.2, 0.25) is 0 Å². The van der Waals surface area contributed by atoms with Gasteiger partial charge in [0.2, 0.25) is 5.91 Å². The number of hydroxylamine groups is 2. The van der Waals surface area contributed by atoms with E-state index in [4.69, 9.17) is 9.57 Å². The molecule has 8 heteroatoms. The summed E-state index contributed by atoms with van der Waals surface area (Å²) in [7, 11) is 1.65. The van der Waals surface area contributed by atoms with Crippen LogP contribution in [-0.4, -0.2) is 64.2 Å². The third-order valence-corrected chi connectivity index (χ3v) is 10.6. The van der Waals surface area contributed by atoms with Crippen molar-refractivity contribution in [2.45, 2.75) is 71.4 Å². The molecule has 1 aliphatic heterocycles. The van der Waals surface area contributed by atoms with Gasteiger partial charge in [0.05, 0.1) is 31.9 Å². The number of nitrogens with zero attached hydrogens (tertiary/aromatic N) is 2. The molecule has 4 fully saturated rings. The van der Waals surface area contributed by atoms with E-state index in [-0.39, 0.29) is 25.1 Å². The summed E-state index contributed by atoms with van der Waals surface area (Å²) in [6.07, 6.45) is 2.42. The zero-order valence-electron chi connectivity index (χ0n) is 25.2. The van der Waals surface area contributed by atoms with E-state index in [2.05, 4.69) is 37.1 Å². The molecule has 1 aromatic heterocycles. The van der Waals surface area contributed by atoms with Crippen LogP contribution in [0, 0.1) is 29.1 Å². The van der Waals surface area contributed by atoms with Crippen molar-refractivity contribution in [2.75, 3.05) is 13.7 Å². The Balaban J connectivity index is 1.31. The molecule has 1 saturated heterocycles. The molecule has 0 radical (unpaired) electrons. The monoisotopic (exact) mass is 573 g/mol. The maximum absolute atomic E-state index is 14.0. The number of benzene rings is 2. The summed E-state index contributed by atoms with van der Waals surface area (Å²) in [5.74, 6) is 1.50. The van der Waals surface area contributed by atoms with Crippen LogP contribution < -0.4 is 10.1 Å². The molecule has 2 aromatic carbocycles. The van der Waals surface area contributed by atoms with Crippen molar-refractivity contribution in [1.82, 2.24) is 15.4 Å². The van der Waals surface area contributed by atoms with Gasteiger partial charge in [-0.15, -0.1) is 0 Å². The van der Waals surface area contributed by atoms with E-state index in [1.54, 1.807) is 25.3 Å². The van der Waals surface area contributed by atoms with Crippen LogP contribution in [0.25, 0.3) is 22.0 Å². The average Bonchev–Trinajstić information content (AvgIpc) is 3.36. The maximum Gasteiger partial charge on any atom is 0.240 e. The molecule has 4 aliphatic rings. The number of para-hydroxylation sites is 1. The van der Waals surface area contributed by atoms with E-state index in [9.17, 15) is 15.0 Å². The molecule has 224 valence electrons. The number of ether oxygens (including phenoxy) is 1. The number of methoxy groups -OCH3 is 1. The van der Waals surface area contributed by atoms with Crippen molar-refractivity contribution < 1.29 is 24.6 Å². The van der Waals surface area contributed by atoms with Crippen LogP contribution in [0.1, 0.15) is 46.1 Å².